The normalized spacial score (nSPS) is 22.8. The minimum Gasteiger partial charge on any atom is -0.211 e. The number of aliphatic imine (C=N–C) groups is 2. The van der Waals surface area contributed by atoms with Gasteiger partial charge in [0.05, 0.1) is 11.4 Å². The minimum atomic E-state index is 0.459. The standard InChI is InChI=1S/C18H22N2O2/c1-5-15(20-12-22)8-7-13(3)9-17-16(6-2)18(17)10-14(4)19-11-21/h7-8,10,16-17H,4-6,9H2,1-3H3/b13-7+,15-8+,18-10-/t16-,17?/m1/s1. The van der Waals surface area contributed by atoms with Crippen molar-refractivity contribution in [1.82, 2.24) is 0 Å². The third-order valence-corrected chi connectivity index (χ3v) is 3.85. The molecule has 0 spiro atoms. The van der Waals surface area contributed by atoms with Gasteiger partial charge in [0, 0.05) is 0 Å². The Morgan fingerprint density at radius 3 is 2.41 bits per heavy atom. The van der Waals surface area contributed by atoms with Gasteiger partial charge in [0.2, 0.25) is 12.2 Å². The van der Waals surface area contributed by atoms with Gasteiger partial charge in [0.15, 0.2) is 0 Å². The quantitative estimate of drug-likeness (QED) is 0.379. The fourth-order valence-corrected chi connectivity index (χ4v) is 2.63. The van der Waals surface area contributed by atoms with E-state index in [0.717, 1.165) is 18.5 Å². The van der Waals surface area contributed by atoms with Crippen molar-refractivity contribution in [2.45, 2.75) is 40.0 Å². The minimum absolute atomic E-state index is 0.459. The average molecular weight is 298 g/mol. The molecule has 1 saturated carbocycles. The van der Waals surface area contributed by atoms with Crippen LogP contribution in [0.4, 0.5) is 0 Å². The van der Waals surface area contributed by atoms with Crippen molar-refractivity contribution >= 4 is 12.2 Å². The van der Waals surface area contributed by atoms with E-state index in [1.54, 1.807) is 6.08 Å². The summed E-state index contributed by atoms with van der Waals surface area (Å²) in [6.45, 7) is 9.88. The summed E-state index contributed by atoms with van der Waals surface area (Å²) >= 11 is 0. The fraction of sp³-hybridized carbons (Fsp3) is 0.444. The molecule has 0 amide bonds. The van der Waals surface area contributed by atoms with Crippen molar-refractivity contribution in [3.05, 3.63) is 47.3 Å². The van der Waals surface area contributed by atoms with Gasteiger partial charge in [-0.1, -0.05) is 37.6 Å². The lowest BCUT2D eigenvalue weighted by Crippen LogP contribution is -1.84. The molecule has 0 aromatic carbocycles. The number of allylic oxidation sites excluding steroid dienone is 6. The van der Waals surface area contributed by atoms with E-state index in [2.05, 4.69) is 30.4 Å². The molecule has 0 heterocycles. The van der Waals surface area contributed by atoms with Crippen molar-refractivity contribution in [2.24, 2.45) is 21.8 Å². The van der Waals surface area contributed by atoms with Crippen molar-refractivity contribution < 1.29 is 9.59 Å². The molecule has 1 aliphatic rings. The lowest BCUT2D eigenvalue weighted by Gasteiger charge is -1.98. The number of hydrogen-bond donors (Lipinski definition) is 0. The average Bonchev–Trinajstić information content (AvgIpc) is 3.14. The number of hydrogen-bond acceptors (Lipinski definition) is 4. The summed E-state index contributed by atoms with van der Waals surface area (Å²) in [5.41, 5.74) is 3.70. The molecule has 2 atom stereocenters. The maximum atomic E-state index is 10.3. The topological polar surface area (TPSA) is 58.9 Å². The zero-order chi connectivity index (χ0) is 16.5. The Bertz CT molecular complexity index is 613. The van der Waals surface area contributed by atoms with Crippen LogP contribution in [-0.4, -0.2) is 12.2 Å². The molecule has 4 heteroatoms. The molecular weight excluding hydrogens is 276 g/mol. The fourth-order valence-electron chi connectivity index (χ4n) is 2.63. The second kappa shape index (κ2) is 8.89. The number of carbonyl (C=O) groups excluding carboxylic acids is 2. The highest BCUT2D eigenvalue weighted by molar-refractivity contribution is 5.43. The predicted octanol–water partition coefficient (Wildman–Crippen LogP) is 4.38. The summed E-state index contributed by atoms with van der Waals surface area (Å²) in [6.07, 6.45) is 11.5. The molecule has 22 heavy (non-hydrogen) atoms. The lowest BCUT2D eigenvalue weighted by atomic mass is 10.1. The molecule has 0 aliphatic heterocycles. The molecule has 116 valence electrons. The first kappa shape index (κ1) is 17.8. The molecule has 0 radical (unpaired) electrons. The van der Waals surface area contributed by atoms with Crippen LogP contribution >= 0.6 is 0 Å². The Kier molecular flexibility index (Phi) is 7.18. The summed E-state index contributed by atoms with van der Waals surface area (Å²) in [4.78, 5) is 27.7. The van der Waals surface area contributed by atoms with Crippen molar-refractivity contribution in [1.29, 1.82) is 0 Å². The Morgan fingerprint density at radius 2 is 1.86 bits per heavy atom. The summed E-state index contributed by atoms with van der Waals surface area (Å²) < 4.78 is 0. The van der Waals surface area contributed by atoms with Gasteiger partial charge >= 0.3 is 0 Å². The van der Waals surface area contributed by atoms with Gasteiger partial charge in [0.25, 0.3) is 0 Å². The van der Waals surface area contributed by atoms with Gasteiger partial charge in [0.1, 0.15) is 0 Å². The van der Waals surface area contributed by atoms with E-state index >= 15 is 0 Å². The van der Waals surface area contributed by atoms with Crippen LogP contribution in [0.15, 0.2) is 57.3 Å². The van der Waals surface area contributed by atoms with Gasteiger partial charge in [-0.25, -0.2) is 9.59 Å². The lowest BCUT2D eigenvalue weighted by molar-refractivity contribution is 0.564. The number of nitrogens with zero attached hydrogens (tertiary/aromatic N) is 2. The van der Waals surface area contributed by atoms with E-state index < -0.39 is 0 Å². The molecule has 1 rings (SSSR count). The molecule has 0 aromatic rings. The third-order valence-electron chi connectivity index (χ3n) is 3.85. The Balaban J connectivity index is 2.75. The van der Waals surface area contributed by atoms with Crippen LogP contribution in [0.1, 0.15) is 40.0 Å². The smallest absolute Gasteiger partial charge is 0.211 e. The van der Waals surface area contributed by atoms with Crippen LogP contribution in [0.3, 0.4) is 0 Å². The van der Waals surface area contributed by atoms with Crippen LogP contribution in [0, 0.1) is 11.8 Å². The highest BCUT2D eigenvalue weighted by Gasteiger charge is 2.41. The van der Waals surface area contributed by atoms with E-state index in [0.29, 0.717) is 24.0 Å². The van der Waals surface area contributed by atoms with E-state index in [1.165, 1.54) is 17.2 Å². The zero-order valence-corrected chi connectivity index (χ0v) is 13.4. The molecule has 0 aromatic heterocycles. The summed E-state index contributed by atoms with van der Waals surface area (Å²) in [5.74, 6) is 1.01. The monoisotopic (exact) mass is 298 g/mol. The van der Waals surface area contributed by atoms with E-state index in [9.17, 15) is 9.59 Å². The molecule has 0 bridgehead atoms. The van der Waals surface area contributed by atoms with E-state index in [4.69, 9.17) is 0 Å². The largest absolute Gasteiger partial charge is 0.240 e. The molecule has 0 saturated heterocycles. The van der Waals surface area contributed by atoms with Crippen LogP contribution in [0.2, 0.25) is 0 Å². The van der Waals surface area contributed by atoms with Crippen LogP contribution in [0.5, 0.6) is 0 Å². The van der Waals surface area contributed by atoms with Crippen molar-refractivity contribution in [2.75, 3.05) is 0 Å². The van der Waals surface area contributed by atoms with Gasteiger partial charge in [-0.05, 0) is 50.2 Å². The Hall–Kier alpha value is -2.28. The van der Waals surface area contributed by atoms with Gasteiger partial charge in [-0.15, -0.1) is 0 Å². The maximum Gasteiger partial charge on any atom is 0.240 e. The van der Waals surface area contributed by atoms with Gasteiger partial charge < -0.3 is 0 Å². The van der Waals surface area contributed by atoms with E-state index in [1.807, 2.05) is 25.2 Å². The van der Waals surface area contributed by atoms with Crippen molar-refractivity contribution in [3.63, 3.8) is 0 Å². The molecule has 4 nitrogen and oxygen atoms in total. The summed E-state index contributed by atoms with van der Waals surface area (Å²) in [5, 5.41) is 0. The van der Waals surface area contributed by atoms with Crippen LogP contribution < -0.4 is 0 Å². The molecule has 1 aliphatic carbocycles. The maximum absolute atomic E-state index is 10.3. The van der Waals surface area contributed by atoms with Crippen LogP contribution in [0.25, 0.3) is 0 Å². The van der Waals surface area contributed by atoms with Gasteiger partial charge in [-0.3, -0.25) is 0 Å². The highest BCUT2D eigenvalue weighted by atomic mass is 16.1. The SMILES string of the molecule is C=C(/C=C1\C(C/C(C)=C/C=C(\CC)N=C=O)[C@H]1CC)N=C=O. The Labute approximate surface area is 131 Å². The number of isocyanates is 2. The second-order valence-corrected chi connectivity index (χ2v) is 5.39. The van der Waals surface area contributed by atoms with Crippen molar-refractivity contribution in [3.8, 4) is 0 Å². The molecule has 1 unspecified atom stereocenters. The molecular formula is C18H22N2O2. The third kappa shape index (κ3) is 5.25. The zero-order valence-electron chi connectivity index (χ0n) is 13.4. The highest BCUT2D eigenvalue weighted by Crippen LogP contribution is 2.51. The Morgan fingerprint density at radius 1 is 1.18 bits per heavy atom. The van der Waals surface area contributed by atoms with Crippen LogP contribution in [-0.2, 0) is 9.59 Å². The van der Waals surface area contributed by atoms with E-state index in [-0.39, 0.29) is 0 Å². The first-order chi connectivity index (χ1) is 10.6. The first-order valence-corrected chi connectivity index (χ1v) is 7.49. The van der Waals surface area contributed by atoms with Gasteiger partial charge in [-0.2, -0.15) is 9.98 Å². The summed E-state index contributed by atoms with van der Waals surface area (Å²) in [7, 11) is 0. The number of rotatable bonds is 8. The molecule has 0 N–H and O–H groups in total. The first-order valence-electron chi connectivity index (χ1n) is 7.49. The summed E-state index contributed by atoms with van der Waals surface area (Å²) in [6, 6.07) is 0. The predicted molar refractivity (Wildman–Crippen MR) is 87.5 cm³/mol. The second-order valence-electron chi connectivity index (χ2n) is 5.39. The molecule has 1 fully saturated rings.